The first-order chi connectivity index (χ1) is 10.9. The highest BCUT2D eigenvalue weighted by molar-refractivity contribution is 9.10. The summed E-state index contributed by atoms with van der Waals surface area (Å²) < 4.78 is 0.928. The van der Waals surface area contributed by atoms with E-state index >= 15 is 0 Å². The van der Waals surface area contributed by atoms with E-state index in [4.69, 9.17) is 0 Å². The molecule has 0 aliphatic rings. The largest absolute Gasteiger partial charge is 0.377 e. The quantitative estimate of drug-likeness (QED) is 0.343. The highest BCUT2D eigenvalue weighted by Crippen LogP contribution is 2.28. The van der Waals surface area contributed by atoms with E-state index in [-0.39, 0.29) is 5.69 Å². The van der Waals surface area contributed by atoms with Gasteiger partial charge in [0, 0.05) is 30.7 Å². The second-order valence-corrected chi connectivity index (χ2v) is 5.93. The van der Waals surface area contributed by atoms with Gasteiger partial charge in [0.15, 0.2) is 0 Å². The van der Waals surface area contributed by atoms with Crippen molar-refractivity contribution < 1.29 is 4.92 Å². The van der Waals surface area contributed by atoms with Crippen LogP contribution in [-0.2, 0) is 0 Å². The van der Waals surface area contributed by atoms with Crippen LogP contribution in [0.25, 0.3) is 11.6 Å². The number of nitriles is 1. The fraction of sp³-hybridized carbons (Fsp3) is 0.118. The van der Waals surface area contributed by atoms with Gasteiger partial charge in [-0.1, -0.05) is 6.07 Å². The van der Waals surface area contributed by atoms with Gasteiger partial charge in [0.1, 0.15) is 0 Å². The van der Waals surface area contributed by atoms with Crippen molar-refractivity contribution in [2.24, 2.45) is 0 Å². The number of rotatable bonds is 4. The van der Waals surface area contributed by atoms with Crippen molar-refractivity contribution in [1.82, 2.24) is 0 Å². The number of nitrogens with zero attached hydrogens (tertiary/aromatic N) is 3. The van der Waals surface area contributed by atoms with Gasteiger partial charge >= 0.3 is 0 Å². The summed E-state index contributed by atoms with van der Waals surface area (Å²) >= 11 is 3.51. The van der Waals surface area contributed by atoms with E-state index < -0.39 is 4.92 Å². The van der Waals surface area contributed by atoms with Crippen LogP contribution in [0.15, 0.2) is 46.9 Å². The Bertz CT molecular complexity index is 806. The highest BCUT2D eigenvalue weighted by atomic mass is 79.9. The van der Waals surface area contributed by atoms with Gasteiger partial charge in [0.25, 0.3) is 5.69 Å². The Labute approximate surface area is 142 Å². The lowest BCUT2D eigenvalue weighted by atomic mass is 10.0. The van der Waals surface area contributed by atoms with Crippen LogP contribution < -0.4 is 4.90 Å². The van der Waals surface area contributed by atoms with Crippen LogP contribution in [0.1, 0.15) is 11.1 Å². The number of hydrogen-bond donors (Lipinski definition) is 0. The lowest BCUT2D eigenvalue weighted by Gasteiger charge is -2.14. The molecule has 2 rings (SSSR count). The lowest BCUT2D eigenvalue weighted by Crippen LogP contribution is -2.09. The number of halogens is 1. The molecule has 0 saturated heterocycles. The molecule has 0 fully saturated rings. The molecule has 0 aliphatic carbocycles. The third-order valence-corrected chi connectivity index (χ3v) is 3.91. The molecule has 5 nitrogen and oxygen atoms in total. The lowest BCUT2D eigenvalue weighted by molar-refractivity contribution is -0.384. The summed E-state index contributed by atoms with van der Waals surface area (Å²) in [5.74, 6) is 0. The number of hydrogen-bond acceptors (Lipinski definition) is 4. The van der Waals surface area contributed by atoms with E-state index in [9.17, 15) is 15.4 Å². The molecule has 0 amide bonds. The number of nitro groups is 1. The van der Waals surface area contributed by atoms with Crippen molar-refractivity contribution in [2.75, 3.05) is 19.0 Å². The van der Waals surface area contributed by atoms with Gasteiger partial charge in [-0.2, -0.15) is 5.26 Å². The van der Waals surface area contributed by atoms with Crippen LogP contribution in [0.2, 0.25) is 0 Å². The van der Waals surface area contributed by atoms with Gasteiger partial charge in [-0.05, 0) is 57.4 Å². The van der Waals surface area contributed by atoms with E-state index in [2.05, 4.69) is 22.0 Å². The second kappa shape index (κ2) is 7.07. The van der Waals surface area contributed by atoms with E-state index in [1.54, 1.807) is 18.2 Å². The van der Waals surface area contributed by atoms with Gasteiger partial charge in [-0.15, -0.1) is 0 Å². The second-order valence-electron chi connectivity index (χ2n) is 5.08. The molecule has 0 saturated carbocycles. The topological polar surface area (TPSA) is 70.2 Å². The smallest absolute Gasteiger partial charge is 0.269 e. The van der Waals surface area contributed by atoms with Crippen molar-refractivity contribution in [2.45, 2.75) is 0 Å². The minimum atomic E-state index is -0.462. The Balaban J connectivity index is 2.37. The van der Waals surface area contributed by atoms with E-state index in [1.165, 1.54) is 12.1 Å². The Morgan fingerprint density at radius 2 is 1.91 bits per heavy atom. The fourth-order valence-corrected chi connectivity index (χ4v) is 2.84. The van der Waals surface area contributed by atoms with Gasteiger partial charge in [-0.25, -0.2) is 0 Å². The number of allylic oxidation sites excluding steroid dienone is 1. The van der Waals surface area contributed by atoms with Gasteiger partial charge in [-0.3, -0.25) is 10.1 Å². The monoisotopic (exact) mass is 371 g/mol. The average Bonchev–Trinajstić information content (AvgIpc) is 2.52. The van der Waals surface area contributed by atoms with Crippen molar-refractivity contribution >= 4 is 39.0 Å². The Kier molecular flexibility index (Phi) is 5.14. The number of benzene rings is 2. The summed E-state index contributed by atoms with van der Waals surface area (Å²) in [5.41, 5.74) is 3.01. The normalized spacial score (nSPS) is 11.0. The predicted molar refractivity (Wildman–Crippen MR) is 95.0 cm³/mol. The molecule has 0 atom stereocenters. The minimum absolute atomic E-state index is 0.00381. The Morgan fingerprint density at radius 3 is 2.39 bits per heavy atom. The summed E-state index contributed by atoms with van der Waals surface area (Å²) in [6.07, 6.45) is 1.76. The maximum atomic E-state index is 10.7. The van der Waals surface area contributed by atoms with Gasteiger partial charge in [0.2, 0.25) is 0 Å². The number of non-ortho nitro benzene ring substituents is 1. The average molecular weight is 372 g/mol. The summed E-state index contributed by atoms with van der Waals surface area (Å²) in [6, 6.07) is 13.9. The standard InChI is InChI=1S/C17H14BrN3O2/c1-20(2)17-8-3-12(10-16(17)18)9-14(11-19)13-4-6-15(7-5-13)21(22)23/h3-10H,1-2H3/b14-9+. The predicted octanol–water partition coefficient (Wildman–Crippen LogP) is 4.49. The molecule has 0 bridgehead atoms. The molecule has 0 aliphatic heterocycles. The van der Waals surface area contributed by atoms with Crippen LogP contribution in [0.4, 0.5) is 11.4 Å². The van der Waals surface area contributed by atoms with Gasteiger partial charge < -0.3 is 4.90 Å². The zero-order valence-electron chi connectivity index (χ0n) is 12.7. The maximum absolute atomic E-state index is 10.7. The van der Waals surface area contributed by atoms with E-state index in [1.807, 2.05) is 37.2 Å². The molecule has 0 unspecified atom stereocenters. The number of anilines is 1. The molecule has 2 aromatic rings. The molecular formula is C17H14BrN3O2. The number of nitro benzene ring substituents is 1. The highest BCUT2D eigenvalue weighted by Gasteiger charge is 2.08. The molecule has 23 heavy (non-hydrogen) atoms. The molecule has 0 radical (unpaired) electrons. The van der Waals surface area contributed by atoms with Crippen LogP contribution in [0, 0.1) is 21.4 Å². The van der Waals surface area contributed by atoms with Crippen molar-refractivity contribution in [3.63, 3.8) is 0 Å². The van der Waals surface area contributed by atoms with Gasteiger partial charge in [0.05, 0.1) is 22.3 Å². The summed E-state index contributed by atoms with van der Waals surface area (Å²) in [5, 5.41) is 20.0. The first-order valence-electron chi connectivity index (χ1n) is 6.76. The van der Waals surface area contributed by atoms with Crippen LogP contribution in [0.3, 0.4) is 0 Å². The molecular weight excluding hydrogens is 358 g/mol. The molecule has 0 spiro atoms. The van der Waals surface area contributed by atoms with E-state index in [0.29, 0.717) is 11.1 Å². The molecule has 0 N–H and O–H groups in total. The molecule has 116 valence electrons. The molecule has 0 aromatic heterocycles. The van der Waals surface area contributed by atoms with Crippen molar-refractivity contribution in [3.05, 3.63) is 68.2 Å². The van der Waals surface area contributed by atoms with E-state index in [0.717, 1.165) is 15.7 Å². The van der Waals surface area contributed by atoms with Crippen molar-refractivity contribution in [1.29, 1.82) is 5.26 Å². The molecule has 6 heteroatoms. The first-order valence-corrected chi connectivity index (χ1v) is 7.55. The van der Waals surface area contributed by atoms with Crippen LogP contribution in [-0.4, -0.2) is 19.0 Å². The van der Waals surface area contributed by atoms with Crippen LogP contribution in [0.5, 0.6) is 0 Å². The van der Waals surface area contributed by atoms with Crippen LogP contribution >= 0.6 is 15.9 Å². The maximum Gasteiger partial charge on any atom is 0.269 e. The van der Waals surface area contributed by atoms with Crippen molar-refractivity contribution in [3.8, 4) is 6.07 Å². The third-order valence-electron chi connectivity index (χ3n) is 3.27. The fourth-order valence-electron chi connectivity index (χ4n) is 2.09. The zero-order valence-corrected chi connectivity index (χ0v) is 14.2. The summed E-state index contributed by atoms with van der Waals surface area (Å²) in [4.78, 5) is 12.2. The Hall–Kier alpha value is -2.65. The third kappa shape index (κ3) is 3.96. The first kappa shape index (κ1) is 16.7. The summed E-state index contributed by atoms with van der Waals surface area (Å²) in [6.45, 7) is 0. The Morgan fingerprint density at radius 1 is 1.26 bits per heavy atom. The zero-order chi connectivity index (χ0) is 17.0. The summed E-state index contributed by atoms with van der Waals surface area (Å²) in [7, 11) is 3.90. The molecule has 2 aromatic carbocycles. The SMILES string of the molecule is CN(C)c1ccc(/C=C(\C#N)c2ccc([N+](=O)[O-])cc2)cc1Br. The minimum Gasteiger partial charge on any atom is -0.377 e. The molecule has 0 heterocycles.